The quantitative estimate of drug-likeness (QED) is 0.649. The zero-order valence-corrected chi connectivity index (χ0v) is 19.4. The molecule has 0 saturated carbocycles. The molecule has 0 radical (unpaired) electrons. The third-order valence-corrected chi connectivity index (χ3v) is 4.80. The van der Waals surface area contributed by atoms with Crippen molar-refractivity contribution in [2.75, 3.05) is 0 Å². The number of nitrogens with zero attached hydrogens (tertiary/aromatic N) is 1. The second-order valence-corrected chi connectivity index (χ2v) is 9.43. The smallest absolute Gasteiger partial charge is 0.408 e. The van der Waals surface area contributed by atoms with Crippen LogP contribution in [0.4, 0.5) is 4.79 Å². The first-order valence-electron chi connectivity index (χ1n) is 10.8. The van der Waals surface area contributed by atoms with Crippen LogP contribution >= 0.6 is 0 Å². The minimum atomic E-state index is -0.762. The Kier molecular flexibility index (Phi) is 8.25. The molecule has 7 heteroatoms. The van der Waals surface area contributed by atoms with Gasteiger partial charge in [-0.3, -0.25) is 9.59 Å². The topological polar surface area (TPSA) is 87.7 Å². The minimum absolute atomic E-state index is 0.0841. The Labute approximate surface area is 185 Å². The van der Waals surface area contributed by atoms with Crippen LogP contribution in [0.3, 0.4) is 0 Å². The van der Waals surface area contributed by atoms with Gasteiger partial charge in [-0.25, -0.2) is 4.79 Å². The monoisotopic (exact) mass is 429 g/mol. The number of fused-ring (bicyclic) bond motifs is 1. The van der Waals surface area contributed by atoms with Crippen molar-refractivity contribution in [3.05, 3.63) is 47.5 Å². The number of carbonyl (C=O) groups excluding carboxylic acids is 3. The summed E-state index contributed by atoms with van der Waals surface area (Å²) in [4.78, 5) is 38.9. The van der Waals surface area contributed by atoms with Gasteiger partial charge in [0.25, 0.3) is 0 Å². The molecule has 0 fully saturated rings. The highest BCUT2D eigenvalue weighted by atomic mass is 16.6. The van der Waals surface area contributed by atoms with Gasteiger partial charge in [-0.1, -0.05) is 44.2 Å². The van der Waals surface area contributed by atoms with Crippen LogP contribution in [-0.2, 0) is 27.4 Å². The Hall–Kier alpha value is -2.83. The molecular weight excluding hydrogens is 394 g/mol. The first-order valence-corrected chi connectivity index (χ1v) is 10.8. The molecule has 1 aromatic rings. The van der Waals surface area contributed by atoms with Gasteiger partial charge in [0.1, 0.15) is 11.6 Å². The molecule has 170 valence electrons. The van der Waals surface area contributed by atoms with Crippen LogP contribution in [0.1, 0.15) is 59.1 Å². The maximum Gasteiger partial charge on any atom is 0.408 e. The molecule has 2 atom stereocenters. The van der Waals surface area contributed by atoms with E-state index in [0.717, 1.165) is 0 Å². The number of alkyl carbamates (subject to hydrolysis) is 1. The summed E-state index contributed by atoms with van der Waals surface area (Å²) in [5, 5.41) is 5.45. The lowest BCUT2D eigenvalue weighted by molar-refractivity contribution is -0.127. The van der Waals surface area contributed by atoms with E-state index in [1.807, 2.05) is 38.1 Å². The fourth-order valence-corrected chi connectivity index (χ4v) is 3.34. The summed E-state index contributed by atoms with van der Waals surface area (Å²) in [6.45, 7) is 12.2. The van der Waals surface area contributed by atoms with Crippen molar-refractivity contribution in [1.82, 2.24) is 15.5 Å². The fraction of sp³-hybridized carbons (Fsp3) is 0.542. The molecule has 2 rings (SSSR count). The fourth-order valence-electron chi connectivity index (χ4n) is 3.34. The highest BCUT2D eigenvalue weighted by Gasteiger charge is 2.24. The lowest BCUT2D eigenvalue weighted by Gasteiger charge is -2.23. The number of amides is 3. The van der Waals surface area contributed by atoms with Crippen molar-refractivity contribution in [2.45, 2.75) is 78.7 Å². The molecule has 0 spiro atoms. The normalized spacial score (nSPS) is 15.5. The van der Waals surface area contributed by atoms with Crippen molar-refractivity contribution < 1.29 is 19.1 Å². The number of benzene rings is 1. The van der Waals surface area contributed by atoms with E-state index < -0.39 is 17.7 Å². The Morgan fingerprint density at radius 2 is 1.65 bits per heavy atom. The predicted octanol–water partition coefficient (Wildman–Crippen LogP) is 3.53. The molecule has 1 aliphatic rings. The van der Waals surface area contributed by atoms with E-state index in [9.17, 15) is 14.4 Å². The SMILES string of the molecule is CC(C)CC(C=CC(=O)N1Cc2ccccc2C1)NC(=O)C(C)NC(=O)OC(C)(C)C. The molecule has 0 aromatic heterocycles. The lowest BCUT2D eigenvalue weighted by atomic mass is 10.0. The first-order chi connectivity index (χ1) is 14.4. The van der Waals surface area contributed by atoms with Crippen LogP contribution in [0.5, 0.6) is 0 Å². The lowest BCUT2D eigenvalue weighted by Crippen LogP contribution is -2.49. The van der Waals surface area contributed by atoms with E-state index in [4.69, 9.17) is 4.74 Å². The van der Waals surface area contributed by atoms with Gasteiger partial charge in [0.2, 0.25) is 11.8 Å². The number of carbonyl (C=O) groups is 3. The van der Waals surface area contributed by atoms with Crippen molar-refractivity contribution in [3.63, 3.8) is 0 Å². The third-order valence-electron chi connectivity index (χ3n) is 4.80. The highest BCUT2D eigenvalue weighted by Crippen LogP contribution is 2.22. The summed E-state index contributed by atoms with van der Waals surface area (Å²) in [6.07, 6.45) is 3.30. The summed E-state index contributed by atoms with van der Waals surface area (Å²) < 4.78 is 5.20. The molecule has 0 saturated heterocycles. The molecule has 7 nitrogen and oxygen atoms in total. The Morgan fingerprint density at radius 3 is 2.16 bits per heavy atom. The van der Waals surface area contributed by atoms with E-state index in [1.165, 1.54) is 17.2 Å². The van der Waals surface area contributed by atoms with Crippen LogP contribution in [0, 0.1) is 5.92 Å². The minimum Gasteiger partial charge on any atom is -0.444 e. The van der Waals surface area contributed by atoms with E-state index >= 15 is 0 Å². The molecule has 1 aromatic carbocycles. The predicted molar refractivity (Wildman–Crippen MR) is 120 cm³/mol. The molecular formula is C24H35N3O4. The summed E-state index contributed by atoms with van der Waals surface area (Å²) in [7, 11) is 0. The standard InChI is InChI=1S/C24H35N3O4/c1-16(2)13-20(26-22(29)17(3)25-23(30)31-24(4,5)6)11-12-21(28)27-14-18-9-7-8-10-19(18)15-27/h7-12,16-17,20H,13-15H2,1-6H3,(H,25,30)(H,26,29). The van der Waals surface area contributed by atoms with E-state index in [-0.39, 0.29) is 17.9 Å². The summed E-state index contributed by atoms with van der Waals surface area (Å²) in [5.41, 5.74) is 1.69. The summed E-state index contributed by atoms with van der Waals surface area (Å²) >= 11 is 0. The maximum atomic E-state index is 12.7. The van der Waals surface area contributed by atoms with Gasteiger partial charge in [0.05, 0.1) is 0 Å². The summed E-state index contributed by atoms with van der Waals surface area (Å²) in [6, 6.07) is 6.94. The number of hydrogen-bond donors (Lipinski definition) is 2. The van der Waals surface area contributed by atoms with Crippen molar-refractivity contribution >= 4 is 17.9 Å². The zero-order chi connectivity index (χ0) is 23.2. The zero-order valence-electron chi connectivity index (χ0n) is 19.4. The van der Waals surface area contributed by atoms with Gasteiger partial charge in [0.15, 0.2) is 0 Å². The van der Waals surface area contributed by atoms with Gasteiger partial charge >= 0.3 is 6.09 Å². The van der Waals surface area contributed by atoms with Crippen LogP contribution in [0.2, 0.25) is 0 Å². The molecule has 3 amide bonds. The van der Waals surface area contributed by atoms with Crippen LogP contribution < -0.4 is 10.6 Å². The second kappa shape index (κ2) is 10.5. The van der Waals surface area contributed by atoms with Gasteiger partial charge in [0, 0.05) is 25.2 Å². The maximum absolute atomic E-state index is 12.7. The van der Waals surface area contributed by atoms with Gasteiger partial charge in [-0.05, 0) is 51.2 Å². The second-order valence-electron chi connectivity index (χ2n) is 9.43. The van der Waals surface area contributed by atoms with Crippen molar-refractivity contribution in [3.8, 4) is 0 Å². The molecule has 1 heterocycles. The average molecular weight is 430 g/mol. The Bertz CT molecular complexity index is 801. The van der Waals surface area contributed by atoms with Crippen molar-refractivity contribution in [2.24, 2.45) is 5.92 Å². The first kappa shape index (κ1) is 24.4. The Balaban J connectivity index is 1.94. The molecule has 0 bridgehead atoms. The van der Waals surface area contributed by atoms with Crippen molar-refractivity contribution in [1.29, 1.82) is 0 Å². The largest absolute Gasteiger partial charge is 0.444 e. The highest BCUT2D eigenvalue weighted by molar-refractivity contribution is 5.89. The number of nitrogens with one attached hydrogen (secondary N) is 2. The molecule has 2 N–H and O–H groups in total. The summed E-state index contributed by atoms with van der Waals surface area (Å²) in [5.74, 6) is -0.100. The number of rotatable bonds is 7. The number of hydrogen-bond acceptors (Lipinski definition) is 4. The van der Waals surface area contributed by atoms with E-state index in [0.29, 0.717) is 25.4 Å². The molecule has 31 heavy (non-hydrogen) atoms. The molecule has 1 aliphatic heterocycles. The average Bonchev–Trinajstić information content (AvgIpc) is 3.08. The molecule has 2 unspecified atom stereocenters. The number of ether oxygens (including phenoxy) is 1. The van der Waals surface area contributed by atoms with Crippen LogP contribution in [-0.4, -0.2) is 40.5 Å². The van der Waals surface area contributed by atoms with Gasteiger partial charge in [-0.2, -0.15) is 0 Å². The van der Waals surface area contributed by atoms with Gasteiger partial charge in [-0.15, -0.1) is 0 Å². The van der Waals surface area contributed by atoms with E-state index in [2.05, 4.69) is 10.6 Å². The molecule has 0 aliphatic carbocycles. The Morgan fingerprint density at radius 1 is 1.06 bits per heavy atom. The third kappa shape index (κ3) is 8.07. The van der Waals surface area contributed by atoms with E-state index in [1.54, 1.807) is 38.7 Å². The van der Waals surface area contributed by atoms with Gasteiger partial charge < -0.3 is 20.3 Å². The van der Waals surface area contributed by atoms with Crippen LogP contribution in [0.15, 0.2) is 36.4 Å². The van der Waals surface area contributed by atoms with Crippen LogP contribution in [0.25, 0.3) is 0 Å².